The standard InChI is InChI=1S/C13H13N5O7S/c1-24-10-7-11(25-2)15-12(14-10)16-13(19)17-26(22,23)9-6-4-3-5-8(9)18(20)21/h3-7H,1-2H3,(H2,14,15,16,17,19). The predicted octanol–water partition coefficient (Wildman–Crippen LogP) is 0.912. The van der Waals surface area contributed by atoms with Gasteiger partial charge in [0.2, 0.25) is 17.7 Å². The summed E-state index contributed by atoms with van der Waals surface area (Å²) in [6.45, 7) is 0. The molecule has 2 aromatic rings. The van der Waals surface area contributed by atoms with Crippen LogP contribution in [-0.2, 0) is 10.0 Å². The molecule has 0 aliphatic carbocycles. The van der Waals surface area contributed by atoms with E-state index >= 15 is 0 Å². The highest BCUT2D eigenvalue weighted by molar-refractivity contribution is 7.90. The van der Waals surface area contributed by atoms with Gasteiger partial charge >= 0.3 is 6.03 Å². The molecule has 0 aliphatic heterocycles. The number of nitrogens with one attached hydrogen (secondary N) is 2. The van der Waals surface area contributed by atoms with E-state index in [0.717, 1.165) is 12.1 Å². The van der Waals surface area contributed by atoms with Gasteiger partial charge in [-0.25, -0.2) is 17.9 Å². The first-order valence-corrected chi connectivity index (χ1v) is 8.29. The maximum absolute atomic E-state index is 12.2. The molecule has 0 fully saturated rings. The first-order valence-electron chi connectivity index (χ1n) is 6.81. The molecule has 0 saturated carbocycles. The Kier molecular flexibility index (Phi) is 5.51. The van der Waals surface area contributed by atoms with E-state index < -0.39 is 31.6 Å². The minimum absolute atomic E-state index is 0.0636. The van der Waals surface area contributed by atoms with Crippen LogP contribution < -0.4 is 19.5 Å². The van der Waals surface area contributed by atoms with Crippen LogP contribution in [0.1, 0.15) is 0 Å². The maximum atomic E-state index is 12.2. The molecule has 12 nitrogen and oxygen atoms in total. The van der Waals surface area contributed by atoms with E-state index in [1.165, 1.54) is 32.4 Å². The van der Waals surface area contributed by atoms with Crippen LogP contribution in [0.2, 0.25) is 0 Å². The second-order valence-electron chi connectivity index (χ2n) is 4.56. The fourth-order valence-corrected chi connectivity index (χ4v) is 2.89. The van der Waals surface area contributed by atoms with Crippen molar-refractivity contribution in [3.05, 3.63) is 40.4 Å². The normalized spacial score (nSPS) is 10.7. The lowest BCUT2D eigenvalue weighted by Crippen LogP contribution is -2.35. The maximum Gasteiger partial charge on any atom is 0.335 e. The molecule has 0 unspecified atom stereocenters. The molecule has 0 aliphatic rings. The number of carbonyl (C=O) groups excluding carboxylic acids is 1. The van der Waals surface area contributed by atoms with Gasteiger partial charge in [0.05, 0.1) is 25.2 Å². The van der Waals surface area contributed by atoms with Crippen LogP contribution in [0, 0.1) is 10.1 Å². The van der Waals surface area contributed by atoms with E-state index in [1.807, 2.05) is 0 Å². The van der Waals surface area contributed by atoms with Gasteiger partial charge < -0.3 is 9.47 Å². The molecule has 13 heteroatoms. The summed E-state index contributed by atoms with van der Waals surface area (Å²) in [6.07, 6.45) is 0. The molecule has 0 saturated heterocycles. The van der Waals surface area contributed by atoms with E-state index in [9.17, 15) is 23.3 Å². The molecule has 2 rings (SSSR count). The molecule has 26 heavy (non-hydrogen) atoms. The number of sulfonamides is 1. The van der Waals surface area contributed by atoms with Crippen molar-refractivity contribution in [1.29, 1.82) is 0 Å². The van der Waals surface area contributed by atoms with Gasteiger partial charge in [-0.05, 0) is 6.07 Å². The molecule has 0 radical (unpaired) electrons. The van der Waals surface area contributed by atoms with Crippen LogP contribution in [0.25, 0.3) is 0 Å². The molecule has 1 aromatic carbocycles. The highest BCUT2D eigenvalue weighted by Crippen LogP contribution is 2.23. The first-order chi connectivity index (χ1) is 12.3. The second kappa shape index (κ2) is 7.60. The van der Waals surface area contributed by atoms with Crippen molar-refractivity contribution in [3.63, 3.8) is 0 Å². The average molecular weight is 383 g/mol. The number of hydrogen-bond acceptors (Lipinski definition) is 9. The van der Waals surface area contributed by atoms with Gasteiger partial charge in [-0.15, -0.1) is 0 Å². The van der Waals surface area contributed by atoms with Crippen LogP contribution >= 0.6 is 0 Å². The third-order valence-corrected chi connectivity index (χ3v) is 4.28. The van der Waals surface area contributed by atoms with Crippen LogP contribution in [-0.4, -0.2) is 43.6 Å². The lowest BCUT2D eigenvalue weighted by atomic mass is 10.3. The average Bonchev–Trinajstić information content (AvgIpc) is 2.60. The Hall–Kier alpha value is -3.48. The number of para-hydroxylation sites is 1. The number of carbonyl (C=O) groups is 1. The highest BCUT2D eigenvalue weighted by Gasteiger charge is 2.27. The SMILES string of the molecule is COc1cc(OC)nc(NC(=O)NS(=O)(=O)c2ccccc2[N+](=O)[O-])n1. The van der Waals surface area contributed by atoms with Gasteiger partial charge in [0.25, 0.3) is 15.7 Å². The number of rotatable bonds is 6. The molecule has 0 spiro atoms. The van der Waals surface area contributed by atoms with Gasteiger partial charge in [0.1, 0.15) is 0 Å². The van der Waals surface area contributed by atoms with E-state index in [-0.39, 0.29) is 17.7 Å². The summed E-state index contributed by atoms with van der Waals surface area (Å²) < 4.78 is 35.9. The third-order valence-electron chi connectivity index (χ3n) is 2.90. The van der Waals surface area contributed by atoms with Crippen LogP contribution in [0.3, 0.4) is 0 Å². The Bertz CT molecular complexity index is 925. The molecule has 1 aromatic heterocycles. The Morgan fingerprint density at radius 2 is 1.73 bits per heavy atom. The van der Waals surface area contributed by atoms with E-state index in [4.69, 9.17) is 9.47 Å². The molecule has 0 bridgehead atoms. The zero-order chi connectivity index (χ0) is 19.3. The van der Waals surface area contributed by atoms with Crippen LogP contribution in [0.15, 0.2) is 35.2 Å². The van der Waals surface area contributed by atoms with Gasteiger partial charge in [-0.1, -0.05) is 12.1 Å². The van der Waals surface area contributed by atoms with Gasteiger partial charge in [0.15, 0.2) is 4.90 Å². The van der Waals surface area contributed by atoms with Crippen molar-refractivity contribution in [1.82, 2.24) is 14.7 Å². The first kappa shape index (κ1) is 18.9. The molecule has 2 amide bonds. The number of nitro groups is 1. The minimum atomic E-state index is -4.51. The predicted molar refractivity (Wildman–Crippen MR) is 87.6 cm³/mol. The van der Waals surface area contributed by atoms with E-state index in [1.54, 1.807) is 4.72 Å². The number of nitro benzene ring substituents is 1. The quantitative estimate of drug-likeness (QED) is 0.545. The van der Waals surface area contributed by atoms with Crippen molar-refractivity contribution >= 4 is 27.7 Å². The topological polar surface area (TPSA) is 163 Å². The molecular formula is C13H13N5O7S. The zero-order valence-corrected chi connectivity index (χ0v) is 14.3. The number of aromatic nitrogens is 2. The molecule has 2 N–H and O–H groups in total. The van der Waals surface area contributed by atoms with Gasteiger partial charge in [-0.3, -0.25) is 15.4 Å². The molecule has 138 valence electrons. The number of hydrogen-bond donors (Lipinski definition) is 2. The number of anilines is 1. The van der Waals surface area contributed by atoms with Crippen molar-refractivity contribution < 1.29 is 27.6 Å². The zero-order valence-electron chi connectivity index (χ0n) is 13.5. The summed E-state index contributed by atoms with van der Waals surface area (Å²) in [6, 6.07) is 4.70. The monoisotopic (exact) mass is 383 g/mol. The number of nitrogens with zero attached hydrogens (tertiary/aromatic N) is 3. The summed E-state index contributed by atoms with van der Waals surface area (Å²) >= 11 is 0. The minimum Gasteiger partial charge on any atom is -0.481 e. The number of methoxy groups -OCH3 is 2. The van der Waals surface area contributed by atoms with Crippen molar-refractivity contribution in [2.75, 3.05) is 19.5 Å². The molecule has 1 heterocycles. The molecular weight excluding hydrogens is 370 g/mol. The van der Waals surface area contributed by atoms with Crippen LogP contribution in [0.5, 0.6) is 11.8 Å². The Morgan fingerprint density at radius 1 is 1.15 bits per heavy atom. The fourth-order valence-electron chi connectivity index (χ4n) is 1.81. The smallest absolute Gasteiger partial charge is 0.335 e. The summed E-state index contributed by atoms with van der Waals surface area (Å²) in [5.41, 5.74) is -0.674. The van der Waals surface area contributed by atoms with Gasteiger partial charge in [-0.2, -0.15) is 9.97 Å². The van der Waals surface area contributed by atoms with E-state index in [0.29, 0.717) is 0 Å². The number of benzene rings is 1. The lowest BCUT2D eigenvalue weighted by Gasteiger charge is -2.09. The summed E-state index contributed by atoms with van der Waals surface area (Å²) in [5, 5.41) is 13.0. The number of urea groups is 1. The van der Waals surface area contributed by atoms with E-state index in [2.05, 4.69) is 15.3 Å². The largest absolute Gasteiger partial charge is 0.481 e. The second-order valence-corrected chi connectivity index (χ2v) is 6.21. The molecule has 0 atom stereocenters. The Labute approximate surface area is 147 Å². The highest BCUT2D eigenvalue weighted by atomic mass is 32.2. The summed E-state index contributed by atoms with van der Waals surface area (Å²) in [5.74, 6) is -0.168. The van der Waals surface area contributed by atoms with Gasteiger partial charge in [0, 0.05) is 6.07 Å². The van der Waals surface area contributed by atoms with Crippen molar-refractivity contribution in [2.24, 2.45) is 0 Å². The fraction of sp³-hybridized carbons (Fsp3) is 0.154. The summed E-state index contributed by atoms with van der Waals surface area (Å²) in [7, 11) is -1.86. The number of ether oxygens (including phenoxy) is 2. The lowest BCUT2D eigenvalue weighted by molar-refractivity contribution is -0.387. The third kappa shape index (κ3) is 4.32. The van der Waals surface area contributed by atoms with Crippen molar-refractivity contribution in [2.45, 2.75) is 4.90 Å². The number of amides is 2. The van der Waals surface area contributed by atoms with Crippen LogP contribution in [0.4, 0.5) is 16.4 Å². The summed E-state index contributed by atoms with van der Waals surface area (Å²) in [4.78, 5) is 29.0. The Balaban J connectivity index is 2.23. The van der Waals surface area contributed by atoms with Crippen molar-refractivity contribution in [3.8, 4) is 11.8 Å². The Morgan fingerprint density at radius 3 is 2.27 bits per heavy atom.